The van der Waals surface area contributed by atoms with Gasteiger partial charge in [-0.1, -0.05) is 30.3 Å². The molecule has 1 saturated heterocycles. The third-order valence-corrected chi connectivity index (χ3v) is 4.71. The van der Waals surface area contributed by atoms with Crippen molar-refractivity contribution in [3.8, 4) is 5.75 Å². The summed E-state index contributed by atoms with van der Waals surface area (Å²) in [6, 6.07) is 13.3. The Balaban J connectivity index is 1.77. The number of benzene rings is 2. The topological polar surface area (TPSA) is 49.8 Å². The van der Waals surface area contributed by atoms with E-state index < -0.39 is 11.9 Å². The number of aliphatic hydroxyl groups is 1. The SMILES string of the molecule is COc1ccc(F)cc1C(=O)N1CCCC1CC(O)c1ccccc1. The van der Waals surface area contributed by atoms with Crippen LogP contribution in [0.25, 0.3) is 0 Å². The Bertz CT molecular complexity index is 735. The van der Waals surface area contributed by atoms with Gasteiger partial charge in [0.2, 0.25) is 0 Å². The van der Waals surface area contributed by atoms with Crippen molar-refractivity contribution in [2.45, 2.75) is 31.4 Å². The molecule has 25 heavy (non-hydrogen) atoms. The Kier molecular flexibility index (Phi) is 5.34. The van der Waals surface area contributed by atoms with Crippen LogP contribution in [0.2, 0.25) is 0 Å². The molecule has 2 unspecified atom stereocenters. The van der Waals surface area contributed by atoms with Gasteiger partial charge >= 0.3 is 0 Å². The zero-order chi connectivity index (χ0) is 17.8. The molecular weight excluding hydrogens is 321 g/mol. The summed E-state index contributed by atoms with van der Waals surface area (Å²) in [4.78, 5) is 14.6. The van der Waals surface area contributed by atoms with E-state index in [4.69, 9.17) is 4.74 Å². The fourth-order valence-electron chi connectivity index (χ4n) is 3.42. The lowest BCUT2D eigenvalue weighted by atomic mass is 10.00. The Morgan fingerprint density at radius 1 is 1.32 bits per heavy atom. The van der Waals surface area contributed by atoms with Crippen LogP contribution in [-0.2, 0) is 0 Å². The number of hydrogen-bond donors (Lipinski definition) is 1. The van der Waals surface area contributed by atoms with Gasteiger partial charge in [-0.05, 0) is 43.0 Å². The number of ether oxygens (including phenoxy) is 1. The standard InChI is InChI=1S/C20H22FNO3/c1-25-19-10-9-15(21)12-17(19)20(24)22-11-5-8-16(22)13-18(23)14-6-3-2-4-7-14/h2-4,6-7,9-10,12,16,18,23H,5,8,11,13H2,1H3. The molecule has 1 fully saturated rings. The van der Waals surface area contributed by atoms with E-state index in [-0.39, 0.29) is 17.5 Å². The molecule has 1 amide bonds. The molecule has 3 rings (SSSR count). The van der Waals surface area contributed by atoms with E-state index in [1.165, 1.54) is 25.3 Å². The van der Waals surface area contributed by atoms with Crippen LogP contribution in [0.4, 0.5) is 4.39 Å². The predicted molar refractivity (Wildman–Crippen MR) is 93.0 cm³/mol. The van der Waals surface area contributed by atoms with Gasteiger partial charge in [-0.25, -0.2) is 4.39 Å². The van der Waals surface area contributed by atoms with Crippen molar-refractivity contribution in [1.82, 2.24) is 4.90 Å². The molecule has 1 N–H and O–H groups in total. The molecule has 0 spiro atoms. The predicted octanol–water partition coefficient (Wildman–Crippen LogP) is 3.56. The second kappa shape index (κ2) is 7.66. The van der Waals surface area contributed by atoms with E-state index in [0.717, 1.165) is 18.4 Å². The first-order valence-corrected chi connectivity index (χ1v) is 8.47. The van der Waals surface area contributed by atoms with Crippen LogP contribution in [0.5, 0.6) is 5.75 Å². The summed E-state index contributed by atoms with van der Waals surface area (Å²) in [5, 5.41) is 10.5. The summed E-state index contributed by atoms with van der Waals surface area (Å²) in [6.07, 6.45) is 1.53. The Hall–Kier alpha value is -2.40. The quantitative estimate of drug-likeness (QED) is 0.903. The number of likely N-dealkylation sites (tertiary alicyclic amines) is 1. The van der Waals surface area contributed by atoms with Crippen molar-refractivity contribution in [3.05, 3.63) is 65.5 Å². The van der Waals surface area contributed by atoms with E-state index in [0.29, 0.717) is 18.7 Å². The van der Waals surface area contributed by atoms with Crippen molar-refractivity contribution in [2.75, 3.05) is 13.7 Å². The van der Waals surface area contributed by atoms with Gasteiger partial charge < -0.3 is 14.7 Å². The normalized spacial score (nSPS) is 18.2. The van der Waals surface area contributed by atoms with E-state index in [1.807, 2.05) is 30.3 Å². The number of aliphatic hydroxyl groups excluding tert-OH is 1. The van der Waals surface area contributed by atoms with Gasteiger partial charge in [0.1, 0.15) is 11.6 Å². The highest BCUT2D eigenvalue weighted by atomic mass is 19.1. The van der Waals surface area contributed by atoms with Crippen LogP contribution in [0, 0.1) is 5.82 Å². The lowest BCUT2D eigenvalue weighted by Crippen LogP contribution is -2.36. The zero-order valence-electron chi connectivity index (χ0n) is 14.2. The molecule has 0 radical (unpaired) electrons. The lowest BCUT2D eigenvalue weighted by Gasteiger charge is -2.27. The number of rotatable bonds is 5. The number of hydrogen-bond acceptors (Lipinski definition) is 3. The van der Waals surface area contributed by atoms with Gasteiger partial charge in [0.15, 0.2) is 0 Å². The Morgan fingerprint density at radius 3 is 2.80 bits per heavy atom. The maximum Gasteiger partial charge on any atom is 0.257 e. The number of amides is 1. The van der Waals surface area contributed by atoms with Crippen LogP contribution in [-0.4, -0.2) is 35.6 Å². The van der Waals surface area contributed by atoms with Gasteiger partial charge in [-0.2, -0.15) is 0 Å². The largest absolute Gasteiger partial charge is 0.496 e. The summed E-state index contributed by atoms with van der Waals surface area (Å²) in [5.41, 5.74) is 1.06. The highest BCUT2D eigenvalue weighted by Gasteiger charge is 2.32. The molecule has 0 aliphatic carbocycles. The third kappa shape index (κ3) is 3.82. The number of nitrogens with zero attached hydrogens (tertiary/aromatic N) is 1. The van der Waals surface area contributed by atoms with E-state index in [9.17, 15) is 14.3 Å². The third-order valence-electron chi connectivity index (χ3n) is 4.71. The minimum atomic E-state index is -0.631. The molecule has 0 aromatic heterocycles. The Labute approximate surface area is 146 Å². The second-order valence-corrected chi connectivity index (χ2v) is 6.30. The molecule has 4 nitrogen and oxygen atoms in total. The minimum absolute atomic E-state index is 0.0734. The first-order valence-electron chi connectivity index (χ1n) is 8.47. The number of carbonyl (C=O) groups excluding carboxylic acids is 1. The fraction of sp³-hybridized carbons (Fsp3) is 0.350. The molecule has 132 valence electrons. The monoisotopic (exact) mass is 343 g/mol. The van der Waals surface area contributed by atoms with Crippen molar-refractivity contribution >= 4 is 5.91 Å². The number of halogens is 1. The molecular formula is C20H22FNO3. The lowest BCUT2D eigenvalue weighted by molar-refractivity contribution is 0.0663. The smallest absolute Gasteiger partial charge is 0.257 e. The average Bonchev–Trinajstić information content (AvgIpc) is 3.09. The summed E-state index contributed by atoms with van der Waals surface area (Å²) in [6.45, 7) is 0.602. The highest BCUT2D eigenvalue weighted by Crippen LogP contribution is 2.30. The van der Waals surface area contributed by atoms with E-state index in [2.05, 4.69) is 0 Å². The van der Waals surface area contributed by atoms with Gasteiger partial charge in [0, 0.05) is 12.6 Å². The van der Waals surface area contributed by atoms with Gasteiger partial charge in [-0.3, -0.25) is 4.79 Å². The molecule has 0 saturated carbocycles. The van der Waals surface area contributed by atoms with Gasteiger partial charge in [-0.15, -0.1) is 0 Å². The average molecular weight is 343 g/mol. The molecule has 2 aromatic carbocycles. The molecule has 0 bridgehead atoms. The van der Waals surface area contributed by atoms with Crippen molar-refractivity contribution < 1.29 is 19.0 Å². The van der Waals surface area contributed by atoms with Gasteiger partial charge in [0.25, 0.3) is 5.91 Å². The summed E-state index contributed by atoms with van der Waals surface area (Å²) < 4.78 is 18.8. The molecule has 2 atom stereocenters. The summed E-state index contributed by atoms with van der Waals surface area (Å²) in [5.74, 6) is -0.357. The van der Waals surface area contributed by atoms with Crippen LogP contribution < -0.4 is 4.74 Å². The minimum Gasteiger partial charge on any atom is -0.496 e. The van der Waals surface area contributed by atoms with Crippen LogP contribution >= 0.6 is 0 Å². The molecule has 5 heteroatoms. The van der Waals surface area contributed by atoms with Crippen molar-refractivity contribution in [2.24, 2.45) is 0 Å². The zero-order valence-corrected chi connectivity index (χ0v) is 14.2. The van der Waals surface area contributed by atoms with E-state index in [1.54, 1.807) is 4.90 Å². The molecule has 1 aliphatic heterocycles. The van der Waals surface area contributed by atoms with Crippen molar-refractivity contribution in [1.29, 1.82) is 0 Å². The number of carbonyl (C=O) groups is 1. The maximum atomic E-state index is 13.6. The fourth-order valence-corrected chi connectivity index (χ4v) is 3.42. The van der Waals surface area contributed by atoms with E-state index >= 15 is 0 Å². The molecule has 1 aliphatic rings. The molecule has 1 heterocycles. The van der Waals surface area contributed by atoms with Crippen LogP contribution in [0.1, 0.15) is 41.3 Å². The van der Waals surface area contributed by atoms with Crippen LogP contribution in [0.3, 0.4) is 0 Å². The summed E-state index contributed by atoms with van der Waals surface area (Å²) >= 11 is 0. The number of methoxy groups -OCH3 is 1. The first kappa shape index (κ1) is 17.4. The van der Waals surface area contributed by atoms with Gasteiger partial charge in [0.05, 0.1) is 18.8 Å². The van der Waals surface area contributed by atoms with Crippen LogP contribution in [0.15, 0.2) is 48.5 Å². The highest BCUT2D eigenvalue weighted by molar-refractivity contribution is 5.97. The van der Waals surface area contributed by atoms with Crippen molar-refractivity contribution in [3.63, 3.8) is 0 Å². The summed E-state index contributed by atoms with van der Waals surface area (Å²) in [7, 11) is 1.46. The molecule has 2 aromatic rings. The first-order chi connectivity index (χ1) is 12.1. The second-order valence-electron chi connectivity index (χ2n) is 6.30. The Morgan fingerprint density at radius 2 is 2.08 bits per heavy atom. The maximum absolute atomic E-state index is 13.6.